The number of carbonyl (C=O) groups is 1. The number of hydrogen-bond acceptors (Lipinski definition) is 5. The minimum absolute atomic E-state index is 0. The van der Waals surface area contributed by atoms with Gasteiger partial charge in [0.15, 0.2) is 5.96 Å². The van der Waals surface area contributed by atoms with Gasteiger partial charge in [0, 0.05) is 25.0 Å². The number of nitrogens with one attached hydrogen (secondary N) is 2. The zero-order valence-electron chi connectivity index (χ0n) is 15.9. The van der Waals surface area contributed by atoms with Gasteiger partial charge in [0.05, 0.1) is 18.6 Å². The maximum absolute atomic E-state index is 11.6. The molecule has 0 saturated carbocycles. The SMILES string of the molecule is CN=C(NCCC(=O)OC(C)C)NCC(c1cccs1)N1CCCC1.I. The summed E-state index contributed by atoms with van der Waals surface area (Å²) in [6.07, 6.45) is 2.80. The van der Waals surface area contributed by atoms with Crippen LogP contribution in [0.15, 0.2) is 22.5 Å². The number of likely N-dealkylation sites (tertiary alicyclic amines) is 1. The molecule has 2 heterocycles. The normalized spacial score (nSPS) is 16.2. The van der Waals surface area contributed by atoms with Crippen molar-refractivity contribution in [3.8, 4) is 0 Å². The van der Waals surface area contributed by atoms with Crippen molar-refractivity contribution in [1.29, 1.82) is 0 Å². The molecule has 0 bridgehead atoms. The van der Waals surface area contributed by atoms with Crippen molar-refractivity contribution in [1.82, 2.24) is 15.5 Å². The maximum Gasteiger partial charge on any atom is 0.307 e. The molecule has 0 aromatic carbocycles. The van der Waals surface area contributed by atoms with E-state index < -0.39 is 0 Å². The first-order valence-electron chi connectivity index (χ1n) is 9.01. The quantitative estimate of drug-likeness (QED) is 0.252. The number of nitrogens with zero attached hydrogens (tertiary/aromatic N) is 2. The lowest BCUT2D eigenvalue weighted by Gasteiger charge is -2.27. The molecule has 1 aliphatic rings. The molecule has 0 radical (unpaired) electrons. The van der Waals surface area contributed by atoms with E-state index in [1.165, 1.54) is 17.7 Å². The van der Waals surface area contributed by atoms with Gasteiger partial charge in [-0.15, -0.1) is 35.3 Å². The fourth-order valence-electron chi connectivity index (χ4n) is 2.96. The van der Waals surface area contributed by atoms with Crippen molar-refractivity contribution in [3.05, 3.63) is 22.4 Å². The Bertz CT molecular complexity index is 545. The van der Waals surface area contributed by atoms with Crippen LogP contribution in [0.5, 0.6) is 0 Å². The maximum atomic E-state index is 11.6. The largest absolute Gasteiger partial charge is 0.463 e. The summed E-state index contributed by atoms with van der Waals surface area (Å²) in [5, 5.41) is 8.72. The standard InChI is InChI=1S/C18H30N4O2S.HI/c1-14(2)24-17(23)8-9-20-18(19-3)21-13-15(16-7-6-12-25-16)22-10-4-5-11-22;/h6-7,12,14-15H,4-5,8-11,13H2,1-3H3,(H2,19,20,21);1H. The van der Waals surface area contributed by atoms with Crippen molar-refractivity contribution in [3.63, 3.8) is 0 Å². The van der Waals surface area contributed by atoms with Gasteiger partial charge < -0.3 is 15.4 Å². The van der Waals surface area contributed by atoms with Crippen LogP contribution in [0.4, 0.5) is 0 Å². The average Bonchev–Trinajstić information content (AvgIpc) is 3.27. The smallest absolute Gasteiger partial charge is 0.307 e. The summed E-state index contributed by atoms with van der Waals surface area (Å²) in [4.78, 5) is 19.8. The molecule has 2 rings (SSSR count). The lowest BCUT2D eigenvalue weighted by atomic mass is 10.2. The van der Waals surface area contributed by atoms with Crippen LogP contribution in [-0.2, 0) is 9.53 Å². The van der Waals surface area contributed by atoms with Crippen molar-refractivity contribution in [2.45, 2.75) is 45.3 Å². The van der Waals surface area contributed by atoms with Crippen LogP contribution in [0.2, 0.25) is 0 Å². The lowest BCUT2D eigenvalue weighted by molar-refractivity contribution is -0.147. The Labute approximate surface area is 177 Å². The molecule has 148 valence electrons. The van der Waals surface area contributed by atoms with Gasteiger partial charge in [-0.05, 0) is 51.2 Å². The van der Waals surface area contributed by atoms with Gasteiger partial charge in [0.25, 0.3) is 0 Å². The lowest BCUT2D eigenvalue weighted by Crippen LogP contribution is -2.43. The van der Waals surface area contributed by atoms with E-state index in [9.17, 15) is 4.79 Å². The Morgan fingerprint density at radius 3 is 2.65 bits per heavy atom. The molecule has 1 aromatic rings. The number of halogens is 1. The third-order valence-corrected chi connectivity index (χ3v) is 5.10. The molecular formula is C18H31IN4O2S. The summed E-state index contributed by atoms with van der Waals surface area (Å²) < 4.78 is 5.14. The molecule has 1 aliphatic heterocycles. The zero-order chi connectivity index (χ0) is 18.1. The first-order chi connectivity index (χ1) is 12.1. The van der Waals surface area contributed by atoms with Crippen LogP contribution in [0.3, 0.4) is 0 Å². The highest BCUT2D eigenvalue weighted by Gasteiger charge is 2.24. The fourth-order valence-corrected chi connectivity index (χ4v) is 3.82. The van der Waals surface area contributed by atoms with Crippen LogP contribution in [-0.4, -0.2) is 56.2 Å². The number of guanidine groups is 1. The number of carbonyl (C=O) groups excluding carboxylic acids is 1. The number of rotatable bonds is 8. The van der Waals surface area contributed by atoms with E-state index in [1.54, 1.807) is 18.4 Å². The second kappa shape index (κ2) is 12.5. The van der Waals surface area contributed by atoms with E-state index in [-0.39, 0.29) is 36.0 Å². The highest BCUT2D eigenvalue weighted by molar-refractivity contribution is 14.0. The van der Waals surface area contributed by atoms with E-state index in [0.717, 1.165) is 25.6 Å². The molecule has 1 atom stereocenters. The van der Waals surface area contributed by atoms with Gasteiger partial charge in [0.2, 0.25) is 0 Å². The van der Waals surface area contributed by atoms with Gasteiger partial charge in [0.1, 0.15) is 0 Å². The molecule has 1 saturated heterocycles. The average molecular weight is 494 g/mol. The first-order valence-corrected chi connectivity index (χ1v) is 9.89. The molecular weight excluding hydrogens is 463 g/mol. The molecule has 1 aromatic heterocycles. The highest BCUT2D eigenvalue weighted by atomic mass is 127. The number of esters is 1. The molecule has 2 N–H and O–H groups in total. The van der Waals surface area contributed by atoms with E-state index in [2.05, 4.69) is 38.0 Å². The van der Waals surface area contributed by atoms with Crippen LogP contribution >= 0.6 is 35.3 Å². The van der Waals surface area contributed by atoms with Crippen molar-refractivity contribution in [2.75, 3.05) is 33.2 Å². The summed E-state index contributed by atoms with van der Waals surface area (Å²) in [6.45, 7) is 7.33. The van der Waals surface area contributed by atoms with Crippen molar-refractivity contribution < 1.29 is 9.53 Å². The van der Waals surface area contributed by atoms with Gasteiger partial charge >= 0.3 is 5.97 Å². The highest BCUT2D eigenvalue weighted by Crippen LogP contribution is 2.27. The monoisotopic (exact) mass is 494 g/mol. The third kappa shape index (κ3) is 7.79. The van der Waals surface area contributed by atoms with Crippen molar-refractivity contribution >= 4 is 47.2 Å². The molecule has 1 fully saturated rings. The molecule has 1 unspecified atom stereocenters. The molecule has 0 spiro atoms. The number of aliphatic imine (C=N–C) groups is 1. The Morgan fingerprint density at radius 1 is 1.35 bits per heavy atom. The summed E-state index contributed by atoms with van der Waals surface area (Å²) in [7, 11) is 1.75. The van der Waals surface area contributed by atoms with E-state index in [0.29, 0.717) is 19.0 Å². The minimum Gasteiger partial charge on any atom is -0.463 e. The molecule has 0 aliphatic carbocycles. The fraction of sp³-hybridized carbons (Fsp3) is 0.667. The number of thiophene rings is 1. The van der Waals surface area contributed by atoms with Crippen molar-refractivity contribution in [2.24, 2.45) is 4.99 Å². The number of ether oxygens (including phenoxy) is 1. The molecule has 8 heteroatoms. The van der Waals surface area contributed by atoms with Crippen LogP contribution in [0.25, 0.3) is 0 Å². The third-order valence-electron chi connectivity index (χ3n) is 4.13. The first kappa shape index (κ1) is 23.2. The summed E-state index contributed by atoms with van der Waals surface area (Å²) in [6, 6.07) is 4.68. The predicted octanol–water partition coefficient (Wildman–Crippen LogP) is 3.01. The van der Waals surface area contributed by atoms with Crippen LogP contribution in [0.1, 0.15) is 44.0 Å². The van der Waals surface area contributed by atoms with Gasteiger partial charge in [-0.1, -0.05) is 6.07 Å². The van der Waals surface area contributed by atoms with Crippen LogP contribution < -0.4 is 10.6 Å². The molecule has 26 heavy (non-hydrogen) atoms. The number of hydrogen-bond donors (Lipinski definition) is 2. The van der Waals surface area contributed by atoms with Gasteiger partial charge in [-0.25, -0.2) is 0 Å². The summed E-state index contributed by atoms with van der Waals surface area (Å²) >= 11 is 1.80. The van der Waals surface area contributed by atoms with Gasteiger partial charge in [-0.3, -0.25) is 14.7 Å². The summed E-state index contributed by atoms with van der Waals surface area (Å²) in [5.74, 6) is 0.532. The molecule has 6 nitrogen and oxygen atoms in total. The Hall–Kier alpha value is -0.870. The molecule has 0 amide bonds. The van der Waals surface area contributed by atoms with Crippen LogP contribution in [0, 0.1) is 0 Å². The zero-order valence-corrected chi connectivity index (χ0v) is 19.0. The van der Waals surface area contributed by atoms with E-state index in [1.807, 2.05) is 13.8 Å². The van der Waals surface area contributed by atoms with E-state index >= 15 is 0 Å². The second-order valence-corrected chi connectivity index (χ2v) is 7.42. The Morgan fingerprint density at radius 2 is 2.08 bits per heavy atom. The summed E-state index contributed by atoms with van der Waals surface area (Å²) in [5.41, 5.74) is 0. The minimum atomic E-state index is -0.188. The van der Waals surface area contributed by atoms with E-state index in [4.69, 9.17) is 4.74 Å². The Balaban J connectivity index is 0.00000338. The topological polar surface area (TPSA) is 66.0 Å². The second-order valence-electron chi connectivity index (χ2n) is 6.44. The predicted molar refractivity (Wildman–Crippen MR) is 118 cm³/mol. The Kier molecular flexibility index (Phi) is 11.1. The van der Waals surface area contributed by atoms with Gasteiger partial charge in [-0.2, -0.15) is 0 Å².